The first-order valence-corrected chi connectivity index (χ1v) is 7.72. The van der Waals surface area contributed by atoms with Crippen molar-refractivity contribution in [2.45, 2.75) is 31.2 Å². The third kappa shape index (κ3) is 3.58. The largest absolute Gasteiger partial charge is 0.393 e. The normalized spacial score (nSPS) is 25.8. The average molecular weight is 323 g/mol. The fourth-order valence-corrected chi connectivity index (χ4v) is 2.94. The Balaban J connectivity index is 1.81. The van der Waals surface area contributed by atoms with Crippen LogP contribution in [-0.4, -0.2) is 11.2 Å². The predicted molar refractivity (Wildman–Crippen MR) is 84.7 cm³/mol. The fourth-order valence-electron chi connectivity index (χ4n) is 2.68. The molecule has 2 aromatic carbocycles. The maximum atomic E-state index is 10.1. The van der Waals surface area contributed by atoms with E-state index in [9.17, 15) is 5.11 Å². The van der Waals surface area contributed by atoms with Crippen LogP contribution in [0, 0.1) is 0 Å². The van der Waals surface area contributed by atoms with E-state index in [2.05, 4.69) is 0 Å². The second-order valence-electron chi connectivity index (χ2n) is 5.34. The summed E-state index contributed by atoms with van der Waals surface area (Å²) in [6.45, 7) is 0. The smallest absolute Gasteiger partial charge is 0.0858 e. The van der Waals surface area contributed by atoms with Crippen LogP contribution in [0.2, 0.25) is 10.0 Å². The monoisotopic (exact) mass is 322 g/mol. The molecule has 110 valence electrons. The second kappa shape index (κ2) is 6.37. The molecular weight excluding hydrogens is 307 g/mol. The maximum absolute atomic E-state index is 10.1. The third-order valence-corrected chi connectivity index (χ3v) is 4.29. The molecule has 2 nitrogen and oxygen atoms in total. The van der Waals surface area contributed by atoms with Crippen molar-refractivity contribution in [3.8, 4) is 0 Å². The minimum atomic E-state index is -0.375. The van der Waals surface area contributed by atoms with Gasteiger partial charge in [0.1, 0.15) is 0 Å². The summed E-state index contributed by atoms with van der Waals surface area (Å²) in [5.41, 5.74) is 2.08. The zero-order valence-electron chi connectivity index (χ0n) is 11.4. The minimum Gasteiger partial charge on any atom is -0.393 e. The van der Waals surface area contributed by atoms with E-state index in [0.29, 0.717) is 22.9 Å². The van der Waals surface area contributed by atoms with Crippen LogP contribution in [0.1, 0.15) is 36.2 Å². The van der Waals surface area contributed by atoms with Gasteiger partial charge in [-0.25, -0.2) is 0 Å². The summed E-state index contributed by atoms with van der Waals surface area (Å²) in [6.07, 6.45) is 0.593. The number of rotatable bonds is 2. The van der Waals surface area contributed by atoms with Gasteiger partial charge in [0.05, 0.1) is 18.3 Å². The highest BCUT2D eigenvalue weighted by atomic mass is 35.5. The van der Waals surface area contributed by atoms with E-state index in [4.69, 9.17) is 27.9 Å². The summed E-state index contributed by atoms with van der Waals surface area (Å²) in [7, 11) is 0. The molecule has 2 atom stereocenters. The molecule has 0 spiro atoms. The van der Waals surface area contributed by atoms with Crippen LogP contribution >= 0.6 is 23.2 Å². The van der Waals surface area contributed by atoms with E-state index in [1.54, 1.807) is 0 Å². The van der Waals surface area contributed by atoms with Gasteiger partial charge in [-0.2, -0.15) is 0 Å². The van der Waals surface area contributed by atoms with Gasteiger partial charge in [-0.05, 0) is 35.4 Å². The van der Waals surface area contributed by atoms with Crippen molar-refractivity contribution in [2.24, 2.45) is 0 Å². The number of halogens is 2. The molecule has 4 heteroatoms. The van der Waals surface area contributed by atoms with Crippen LogP contribution in [0.5, 0.6) is 0 Å². The van der Waals surface area contributed by atoms with Crippen molar-refractivity contribution in [2.75, 3.05) is 0 Å². The highest BCUT2D eigenvalue weighted by molar-refractivity contribution is 6.30. The maximum Gasteiger partial charge on any atom is 0.0858 e. The van der Waals surface area contributed by atoms with E-state index >= 15 is 0 Å². The van der Waals surface area contributed by atoms with Crippen molar-refractivity contribution >= 4 is 23.2 Å². The van der Waals surface area contributed by atoms with Gasteiger partial charge in [-0.15, -0.1) is 0 Å². The first-order valence-electron chi connectivity index (χ1n) is 6.96. The quantitative estimate of drug-likeness (QED) is 0.847. The highest BCUT2D eigenvalue weighted by Crippen LogP contribution is 2.39. The molecular formula is C17H16Cl2O2. The lowest BCUT2D eigenvalue weighted by Gasteiger charge is -2.33. The summed E-state index contributed by atoms with van der Waals surface area (Å²) < 4.78 is 6.16. The van der Waals surface area contributed by atoms with Crippen LogP contribution in [-0.2, 0) is 4.74 Å². The van der Waals surface area contributed by atoms with Gasteiger partial charge in [-0.1, -0.05) is 47.5 Å². The summed E-state index contributed by atoms with van der Waals surface area (Å²) in [4.78, 5) is 0. The SMILES string of the molecule is OC1CC(c2ccc(Cl)cc2)OC(c2ccc(Cl)cc2)C1. The van der Waals surface area contributed by atoms with Crippen LogP contribution in [0.25, 0.3) is 0 Å². The Hall–Kier alpha value is -1.06. The van der Waals surface area contributed by atoms with E-state index in [0.717, 1.165) is 11.1 Å². The summed E-state index contributed by atoms with van der Waals surface area (Å²) in [6, 6.07) is 15.2. The number of aliphatic hydroxyl groups is 1. The molecule has 0 saturated carbocycles. The first kappa shape index (κ1) is 14.9. The number of ether oxygens (including phenoxy) is 1. The lowest BCUT2D eigenvalue weighted by atomic mass is 9.93. The highest BCUT2D eigenvalue weighted by Gasteiger charge is 2.30. The first-order chi connectivity index (χ1) is 10.1. The number of hydrogen-bond acceptors (Lipinski definition) is 2. The summed E-state index contributed by atoms with van der Waals surface area (Å²) in [5, 5.41) is 11.5. The number of aliphatic hydroxyl groups excluding tert-OH is 1. The second-order valence-corrected chi connectivity index (χ2v) is 6.21. The molecule has 0 radical (unpaired) electrons. The molecule has 2 aromatic rings. The van der Waals surface area contributed by atoms with Crippen molar-refractivity contribution in [3.63, 3.8) is 0 Å². The van der Waals surface area contributed by atoms with E-state index in [-0.39, 0.29) is 18.3 Å². The van der Waals surface area contributed by atoms with Gasteiger partial charge >= 0.3 is 0 Å². The van der Waals surface area contributed by atoms with Crippen molar-refractivity contribution in [1.29, 1.82) is 0 Å². The molecule has 0 amide bonds. The number of hydrogen-bond donors (Lipinski definition) is 1. The molecule has 1 heterocycles. The molecule has 2 unspecified atom stereocenters. The molecule has 1 aliphatic heterocycles. The topological polar surface area (TPSA) is 29.5 Å². The summed E-state index contributed by atoms with van der Waals surface area (Å²) >= 11 is 11.8. The van der Waals surface area contributed by atoms with Crippen LogP contribution in [0.3, 0.4) is 0 Å². The van der Waals surface area contributed by atoms with E-state index in [1.165, 1.54) is 0 Å². The lowest BCUT2D eigenvalue weighted by Crippen LogP contribution is -2.26. The lowest BCUT2D eigenvalue weighted by molar-refractivity contribution is -0.0998. The Kier molecular flexibility index (Phi) is 4.51. The van der Waals surface area contributed by atoms with Gasteiger partial charge in [0.2, 0.25) is 0 Å². The molecule has 0 aliphatic carbocycles. The summed E-state index contributed by atoms with van der Waals surface area (Å²) in [5.74, 6) is 0. The zero-order chi connectivity index (χ0) is 14.8. The Morgan fingerprint density at radius 1 is 0.762 bits per heavy atom. The average Bonchev–Trinajstić information content (AvgIpc) is 2.48. The van der Waals surface area contributed by atoms with Gasteiger partial charge in [0.25, 0.3) is 0 Å². The molecule has 1 fully saturated rings. The van der Waals surface area contributed by atoms with Crippen LogP contribution in [0.4, 0.5) is 0 Å². The number of benzene rings is 2. The van der Waals surface area contributed by atoms with Crippen molar-refractivity contribution in [1.82, 2.24) is 0 Å². The molecule has 1 N–H and O–H groups in total. The molecule has 0 bridgehead atoms. The predicted octanol–water partition coefficient (Wildman–Crippen LogP) is 4.95. The van der Waals surface area contributed by atoms with Crippen LogP contribution < -0.4 is 0 Å². The van der Waals surface area contributed by atoms with Crippen molar-refractivity contribution in [3.05, 3.63) is 69.7 Å². The third-order valence-electron chi connectivity index (χ3n) is 3.78. The Morgan fingerprint density at radius 3 is 1.52 bits per heavy atom. The fraction of sp³-hybridized carbons (Fsp3) is 0.294. The van der Waals surface area contributed by atoms with Gasteiger partial charge < -0.3 is 9.84 Å². The Morgan fingerprint density at radius 2 is 1.14 bits per heavy atom. The molecule has 1 saturated heterocycles. The minimum absolute atomic E-state index is 0.119. The molecule has 0 aromatic heterocycles. The van der Waals surface area contributed by atoms with Gasteiger partial charge in [-0.3, -0.25) is 0 Å². The standard InChI is InChI=1S/C17H16Cl2O2/c18-13-5-1-11(2-6-13)16-9-15(20)10-17(21-16)12-3-7-14(19)8-4-12/h1-8,15-17,20H,9-10H2. The molecule has 1 aliphatic rings. The Bertz CT molecular complexity index is 542. The van der Waals surface area contributed by atoms with E-state index < -0.39 is 0 Å². The van der Waals surface area contributed by atoms with Gasteiger partial charge in [0, 0.05) is 22.9 Å². The molecule has 21 heavy (non-hydrogen) atoms. The zero-order valence-corrected chi connectivity index (χ0v) is 12.9. The van der Waals surface area contributed by atoms with Crippen molar-refractivity contribution < 1.29 is 9.84 Å². The molecule has 3 rings (SSSR count). The van der Waals surface area contributed by atoms with Gasteiger partial charge in [0.15, 0.2) is 0 Å². The van der Waals surface area contributed by atoms with Crippen LogP contribution in [0.15, 0.2) is 48.5 Å². The van der Waals surface area contributed by atoms with E-state index in [1.807, 2.05) is 48.5 Å². The Labute approximate surface area is 134 Å².